The van der Waals surface area contributed by atoms with Crippen LogP contribution in [0.15, 0.2) is 0 Å². The molecule has 2 fully saturated rings. The number of aliphatic carboxylic acids is 1. The van der Waals surface area contributed by atoms with Gasteiger partial charge in [0.15, 0.2) is 0 Å². The quantitative estimate of drug-likeness (QED) is 0.807. The monoisotopic (exact) mass is 325 g/mol. The lowest BCUT2D eigenvalue weighted by Crippen LogP contribution is -2.49. The Balaban J connectivity index is 1.87. The maximum Gasteiger partial charge on any atom is 0.317 e. The summed E-state index contributed by atoms with van der Waals surface area (Å²) in [5, 5.41) is 11.9. The molecule has 2 saturated heterocycles. The van der Waals surface area contributed by atoms with Gasteiger partial charge in [-0.25, -0.2) is 4.79 Å². The van der Waals surface area contributed by atoms with Crippen molar-refractivity contribution in [2.45, 2.75) is 33.1 Å². The third-order valence-electron chi connectivity index (χ3n) is 4.57. The van der Waals surface area contributed by atoms with E-state index in [4.69, 9.17) is 5.11 Å². The van der Waals surface area contributed by atoms with Crippen LogP contribution in [0.4, 0.5) is 4.79 Å². The number of nitrogens with zero attached hydrogens (tertiary/aromatic N) is 2. The minimum atomic E-state index is -0.835. The van der Waals surface area contributed by atoms with E-state index in [-0.39, 0.29) is 17.9 Å². The number of likely N-dealkylation sites (tertiary alicyclic amines) is 2. The van der Waals surface area contributed by atoms with E-state index < -0.39 is 11.9 Å². The molecule has 2 rings (SSSR count). The van der Waals surface area contributed by atoms with Crippen LogP contribution in [0, 0.1) is 17.8 Å². The molecular weight excluding hydrogens is 298 g/mol. The van der Waals surface area contributed by atoms with Gasteiger partial charge in [-0.3, -0.25) is 9.59 Å². The highest BCUT2D eigenvalue weighted by Crippen LogP contribution is 2.23. The van der Waals surface area contributed by atoms with Crippen LogP contribution < -0.4 is 5.32 Å². The molecule has 0 aromatic carbocycles. The molecule has 7 heteroatoms. The summed E-state index contributed by atoms with van der Waals surface area (Å²) >= 11 is 0. The highest BCUT2D eigenvalue weighted by atomic mass is 16.4. The Morgan fingerprint density at radius 1 is 1.09 bits per heavy atom. The molecule has 2 aliphatic rings. The van der Waals surface area contributed by atoms with Gasteiger partial charge in [0.1, 0.15) is 0 Å². The number of hydrogen-bond donors (Lipinski definition) is 2. The van der Waals surface area contributed by atoms with Gasteiger partial charge in [0.2, 0.25) is 5.91 Å². The average molecular weight is 325 g/mol. The van der Waals surface area contributed by atoms with Crippen LogP contribution >= 0.6 is 0 Å². The first-order chi connectivity index (χ1) is 10.9. The van der Waals surface area contributed by atoms with Crippen molar-refractivity contribution in [2.75, 3.05) is 32.7 Å². The van der Waals surface area contributed by atoms with Crippen LogP contribution in [0.5, 0.6) is 0 Å². The van der Waals surface area contributed by atoms with Crippen molar-refractivity contribution in [1.82, 2.24) is 15.1 Å². The van der Waals surface area contributed by atoms with Crippen molar-refractivity contribution in [3.63, 3.8) is 0 Å². The number of rotatable bonds is 4. The molecular formula is C16H27N3O4. The van der Waals surface area contributed by atoms with Gasteiger partial charge >= 0.3 is 12.0 Å². The lowest BCUT2D eigenvalue weighted by molar-refractivity contribution is -0.141. The molecule has 2 aliphatic heterocycles. The van der Waals surface area contributed by atoms with Gasteiger partial charge in [-0.2, -0.15) is 0 Å². The standard InChI is InChI=1S/C16H27N3O4/c1-11(2)8-17-16(23)19-6-3-4-12(9-19)14(20)18-7-5-13(10-18)15(21)22/h11-13H,3-10H2,1-2H3,(H,17,23)(H,21,22). The molecule has 0 aliphatic carbocycles. The number of amides is 3. The molecule has 2 unspecified atom stereocenters. The number of carbonyl (C=O) groups excluding carboxylic acids is 2. The van der Waals surface area contributed by atoms with Gasteiger partial charge in [-0.1, -0.05) is 13.8 Å². The van der Waals surface area contributed by atoms with Crippen molar-refractivity contribution in [3.8, 4) is 0 Å². The maximum atomic E-state index is 12.6. The van der Waals surface area contributed by atoms with E-state index in [9.17, 15) is 14.4 Å². The van der Waals surface area contributed by atoms with Crippen molar-refractivity contribution >= 4 is 17.9 Å². The highest BCUT2D eigenvalue weighted by Gasteiger charge is 2.36. The van der Waals surface area contributed by atoms with Gasteiger partial charge in [0.05, 0.1) is 11.8 Å². The van der Waals surface area contributed by atoms with E-state index >= 15 is 0 Å². The van der Waals surface area contributed by atoms with E-state index in [1.54, 1.807) is 9.80 Å². The second-order valence-corrected chi connectivity index (χ2v) is 6.97. The lowest BCUT2D eigenvalue weighted by Gasteiger charge is -2.34. The number of piperidine rings is 1. The molecule has 2 N–H and O–H groups in total. The van der Waals surface area contributed by atoms with Gasteiger partial charge in [0, 0.05) is 32.7 Å². The van der Waals surface area contributed by atoms with Crippen LogP contribution in [0.1, 0.15) is 33.1 Å². The molecule has 7 nitrogen and oxygen atoms in total. The van der Waals surface area contributed by atoms with Crippen LogP contribution in [0.3, 0.4) is 0 Å². The van der Waals surface area contributed by atoms with Crippen molar-refractivity contribution < 1.29 is 19.5 Å². The first-order valence-electron chi connectivity index (χ1n) is 8.42. The Bertz CT molecular complexity index is 466. The van der Waals surface area contributed by atoms with Crippen molar-refractivity contribution in [1.29, 1.82) is 0 Å². The summed E-state index contributed by atoms with van der Waals surface area (Å²) in [6.07, 6.45) is 2.09. The summed E-state index contributed by atoms with van der Waals surface area (Å²) in [5.41, 5.74) is 0. The van der Waals surface area contributed by atoms with Gasteiger partial charge in [0.25, 0.3) is 0 Å². The topological polar surface area (TPSA) is 90.0 Å². The predicted molar refractivity (Wildman–Crippen MR) is 84.9 cm³/mol. The minimum absolute atomic E-state index is 0.00453. The Morgan fingerprint density at radius 3 is 2.39 bits per heavy atom. The van der Waals surface area contributed by atoms with E-state index in [0.29, 0.717) is 45.1 Å². The number of urea groups is 1. The zero-order valence-electron chi connectivity index (χ0n) is 14.0. The van der Waals surface area contributed by atoms with Crippen LogP contribution in [0.2, 0.25) is 0 Å². The summed E-state index contributed by atoms with van der Waals surface area (Å²) < 4.78 is 0. The molecule has 3 amide bonds. The first kappa shape index (κ1) is 17.6. The van der Waals surface area contributed by atoms with E-state index in [0.717, 1.165) is 12.8 Å². The Morgan fingerprint density at radius 2 is 1.78 bits per heavy atom. The normalized spacial score (nSPS) is 24.8. The smallest absolute Gasteiger partial charge is 0.317 e. The predicted octanol–water partition coefficient (Wildman–Crippen LogP) is 0.997. The molecule has 0 spiro atoms. The average Bonchev–Trinajstić information content (AvgIpc) is 3.02. The first-order valence-corrected chi connectivity index (χ1v) is 8.42. The fourth-order valence-electron chi connectivity index (χ4n) is 3.19. The second-order valence-electron chi connectivity index (χ2n) is 6.97. The molecule has 0 aromatic rings. The molecule has 2 atom stereocenters. The van der Waals surface area contributed by atoms with Gasteiger partial charge < -0.3 is 20.2 Å². The van der Waals surface area contributed by atoms with Gasteiger partial charge in [-0.15, -0.1) is 0 Å². The Hall–Kier alpha value is -1.79. The third kappa shape index (κ3) is 4.59. The largest absolute Gasteiger partial charge is 0.481 e. The summed E-state index contributed by atoms with van der Waals surface area (Å²) in [4.78, 5) is 39.1. The maximum absolute atomic E-state index is 12.6. The van der Waals surface area contributed by atoms with Crippen molar-refractivity contribution in [2.24, 2.45) is 17.8 Å². The minimum Gasteiger partial charge on any atom is -0.481 e. The summed E-state index contributed by atoms with van der Waals surface area (Å²) in [7, 11) is 0. The van der Waals surface area contributed by atoms with E-state index in [2.05, 4.69) is 5.32 Å². The third-order valence-corrected chi connectivity index (χ3v) is 4.57. The SMILES string of the molecule is CC(C)CNC(=O)N1CCCC(C(=O)N2CCC(C(=O)O)C2)C1. The second kappa shape index (κ2) is 7.66. The number of nitrogens with one attached hydrogen (secondary N) is 1. The molecule has 0 bridgehead atoms. The summed E-state index contributed by atoms with van der Waals surface area (Å²) in [6, 6.07) is -0.110. The molecule has 130 valence electrons. The van der Waals surface area contributed by atoms with Crippen molar-refractivity contribution in [3.05, 3.63) is 0 Å². The number of hydrogen-bond acceptors (Lipinski definition) is 3. The highest BCUT2D eigenvalue weighted by molar-refractivity contribution is 5.82. The lowest BCUT2D eigenvalue weighted by atomic mass is 9.97. The molecule has 2 heterocycles. The zero-order chi connectivity index (χ0) is 17.0. The molecule has 0 saturated carbocycles. The van der Waals surface area contributed by atoms with E-state index in [1.165, 1.54) is 0 Å². The van der Waals surface area contributed by atoms with Crippen LogP contribution in [0.25, 0.3) is 0 Å². The number of carboxylic acid groups (broad SMARTS) is 1. The molecule has 23 heavy (non-hydrogen) atoms. The van der Waals surface area contributed by atoms with Gasteiger partial charge in [-0.05, 0) is 25.2 Å². The number of carboxylic acids is 1. The Kier molecular flexibility index (Phi) is 5.85. The molecule has 0 radical (unpaired) electrons. The van der Waals surface area contributed by atoms with Crippen LogP contribution in [-0.4, -0.2) is 65.5 Å². The Labute approximate surface area is 137 Å². The fraction of sp³-hybridized carbons (Fsp3) is 0.812. The fourth-order valence-corrected chi connectivity index (χ4v) is 3.19. The summed E-state index contributed by atoms with van der Waals surface area (Å²) in [5.74, 6) is -1.11. The van der Waals surface area contributed by atoms with Crippen LogP contribution in [-0.2, 0) is 9.59 Å². The number of carbonyl (C=O) groups is 3. The zero-order valence-corrected chi connectivity index (χ0v) is 14.0. The molecule has 0 aromatic heterocycles. The van der Waals surface area contributed by atoms with E-state index in [1.807, 2.05) is 13.8 Å². The summed E-state index contributed by atoms with van der Waals surface area (Å²) in [6.45, 7) is 6.60.